The SMILES string of the molecule is CCNC(=NCCC(C)c1ccc(OC)cc1)NCCC(=O)N1CCc2sccc2C1.I. The zero-order valence-corrected chi connectivity index (χ0v) is 22.4. The van der Waals surface area contributed by atoms with Crippen LogP contribution in [0.5, 0.6) is 5.75 Å². The number of nitrogens with one attached hydrogen (secondary N) is 2. The zero-order chi connectivity index (χ0) is 22.1. The molecule has 6 nitrogen and oxygen atoms in total. The monoisotopic (exact) mass is 570 g/mol. The van der Waals surface area contributed by atoms with E-state index in [0.29, 0.717) is 18.9 Å². The minimum Gasteiger partial charge on any atom is -0.497 e. The van der Waals surface area contributed by atoms with Crippen LogP contribution >= 0.6 is 35.3 Å². The number of aliphatic imine (C=N–C) groups is 1. The van der Waals surface area contributed by atoms with Gasteiger partial charge in [0.25, 0.3) is 0 Å². The van der Waals surface area contributed by atoms with Gasteiger partial charge in [-0.15, -0.1) is 35.3 Å². The molecule has 0 spiro atoms. The summed E-state index contributed by atoms with van der Waals surface area (Å²) in [4.78, 5) is 20.7. The maximum atomic E-state index is 12.6. The van der Waals surface area contributed by atoms with E-state index in [9.17, 15) is 4.79 Å². The molecule has 1 aliphatic heterocycles. The van der Waals surface area contributed by atoms with Crippen LogP contribution < -0.4 is 15.4 Å². The van der Waals surface area contributed by atoms with Gasteiger partial charge in [-0.1, -0.05) is 19.1 Å². The lowest BCUT2D eigenvalue weighted by molar-refractivity contribution is -0.131. The quantitative estimate of drug-likeness (QED) is 0.267. The molecular weight excluding hydrogens is 535 g/mol. The second-order valence-electron chi connectivity index (χ2n) is 7.83. The Balaban J connectivity index is 0.00000363. The third-order valence-corrected chi connectivity index (χ3v) is 6.68. The van der Waals surface area contributed by atoms with Crippen molar-refractivity contribution in [1.29, 1.82) is 0 Å². The summed E-state index contributed by atoms with van der Waals surface area (Å²) in [5.74, 6) is 2.27. The van der Waals surface area contributed by atoms with Gasteiger partial charge in [-0.2, -0.15) is 0 Å². The second kappa shape index (κ2) is 13.7. The molecule has 0 radical (unpaired) electrons. The number of hydrogen-bond acceptors (Lipinski definition) is 4. The Morgan fingerprint density at radius 3 is 2.75 bits per heavy atom. The van der Waals surface area contributed by atoms with Crippen molar-refractivity contribution in [2.45, 2.75) is 45.6 Å². The van der Waals surface area contributed by atoms with Gasteiger partial charge in [0.2, 0.25) is 5.91 Å². The largest absolute Gasteiger partial charge is 0.497 e. The first-order valence-electron chi connectivity index (χ1n) is 11.1. The van der Waals surface area contributed by atoms with E-state index in [1.54, 1.807) is 18.4 Å². The summed E-state index contributed by atoms with van der Waals surface area (Å²) in [6, 6.07) is 10.4. The van der Waals surface area contributed by atoms with Crippen LogP contribution in [-0.2, 0) is 17.8 Å². The predicted molar refractivity (Wildman–Crippen MR) is 143 cm³/mol. The van der Waals surface area contributed by atoms with E-state index in [2.05, 4.69) is 48.1 Å². The fourth-order valence-corrected chi connectivity index (χ4v) is 4.61. The number of guanidine groups is 1. The van der Waals surface area contributed by atoms with Crippen LogP contribution in [0, 0.1) is 0 Å². The molecule has 2 heterocycles. The fourth-order valence-electron chi connectivity index (χ4n) is 3.72. The molecule has 1 aliphatic rings. The standard InChI is InChI=1S/C24H34N4O2S.HI/c1-4-25-24(26-13-9-18(2)19-5-7-21(30-3)8-6-19)27-14-10-23(29)28-15-11-22-20(17-28)12-16-31-22;/h5-8,12,16,18H,4,9-11,13-15,17H2,1-3H3,(H2,25,26,27);1H. The van der Waals surface area contributed by atoms with E-state index in [4.69, 9.17) is 9.73 Å². The van der Waals surface area contributed by atoms with Gasteiger partial charge in [-0.25, -0.2) is 0 Å². The first-order valence-corrected chi connectivity index (χ1v) is 12.0. The summed E-state index contributed by atoms with van der Waals surface area (Å²) >= 11 is 1.80. The van der Waals surface area contributed by atoms with Crippen LogP contribution in [0.25, 0.3) is 0 Å². The topological polar surface area (TPSA) is 66.0 Å². The lowest BCUT2D eigenvalue weighted by Crippen LogP contribution is -2.41. The van der Waals surface area contributed by atoms with E-state index in [-0.39, 0.29) is 29.9 Å². The molecule has 1 atom stereocenters. The Morgan fingerprint density at radius 2 is 2.03 bits per heavy atom. The Bertz CT molecular complexity index is 869. The van der Waals surface area contributed by atoms with Gasteiger partial charge in [0.15, 0.2) is 5.96 Å². The number of hydrogen-bond donors (Lipinski definition) is 2. The molecule has 1 aromatic carbocycles. The first kappa shape index (κ1) is 26.4. The highest BCUT2D eigenvalue weighted by Gasteiger charge is 2.21. The van der Waals surface area contributed by atoms with Crippen LogP contribution in [0.1, 0.15) is 48.6 Å². The molecule has 0 saturated carbocycles. The number of nitrogens with zero attached hydrogens (tertiary/aromatic N) is 2. The molecular formula is C24H35IN4O2S. The van der Waals surface area contributed by atoms with E-state index in [0.717, 1.165) is 50.7 Å². The number of amides is 1. The molecule has 32 heavy (non-hydrogen) atoms. The summed E-state index contributed by atoms with van der Waals surface area (Å²) < 4.78 is 5.23. The van der Waals surface area contributed by atoms with Crippen molar-refractivity contribution in [2.75, 3.05) is 33.3 Å². The zero-order valence-electron chi connectivity index (χ0n) is 19.2. The molecule has 3 rings (SSSR count). The first-order chi connectivity index (χ1) is 15.1. The molecule has 2 aromatic rings. The number of carbonyl (C=O) groups excluding carboxylic acids is 1. The highest BCUT2D eigenvalue weighted by Crippen LogP contribution is 2.24. The summed E-state index contributed by atoms with van der Waals surface area (Å²) in [6.07, 6.45) is 2.41. The number of carbonyl (C=O) groups is 1. The molecule has 0 fully saturated rings. The highest BCUT2D eigenvalue weighted by atomic mass is 127. The van der Waals surface area contributed by atoms with Crippen molar-refractivity contribution in [1.82, 2.24) is 15.5 Å². The van der Waals surface area contributed by atoms with Gasteiger partial charge in [0.1, 0.15) is 5.75 Å². The van der Waals surface area contributed by atoms with Gasteiger partial charge in [0, 0.05) is 44.0 Å². The summed E-state index contributed by atoms with van der Waals surface area (Å²) in [7, 11) is 1.68. The van der Waals surface area contributed by atoms with Crippen LogP contribution in [0.4, 0.5) is 0 Å². The molecule has 1 amide bonds. The van der Waals surface area contributed by atoms with Gasteiger partial charge < -0.3 is 20.3 Å². The summed E-state index contributed by atoms with van der Waals surface area (Å²) in [5.41, 5.74) is 2.59. The number of methoxy groups -OCH3 is 1. The number of thiophene rings is 1. The molecule has 8 heteroatoms. The van der Waals surface area contributed by atoms with E-state index in [1.165, 1.54) is 16.0 Å². The maximum absolute atomic E-state index is 12.6. The number of ether oxygens (including phenoxy) is 1. The maximum Gasteiger partial charge on any atom is 0.224 e. The number of benzene rings is 1. The van der Waals surface area contributed by atoms with Crippen LogP contribution in [0.15, 0.2) is 40.7 Å². The minimum atomic E-state index is 0. The molecule has 0 saturated heterocycles. The minimum absolute atomic E-state index is 0. The van der Waals surface area contributed by atoms with Crippen molar-refractivity contribution in [3.8, 4) is 5.75 Å². The summed E-state index contributed by atoms with van der Waals surface area (Å²) in [5, 5.41) is 8.70. The number of fused-ring (bicyclic) bond motifs is 1. The Kier molecular flexibility index (Phi) is 11.3. The molecule has 1 unspecified atom stereocenters. The Morgan fingerprint density at radius 1 is 1.25 bits per heavy atom. The van der Waals surface area contributed by atoms with Gasteiger partial charge >= 0.3 is 0 Å². The predicted octanol–water partition coefficient (Wildman–Crippen LogP) is 4.40. The third kappa shape index (κ3) is 7.65. The smallest absolute Gasteiger partial charge is 0.224 e. The molecule has 176 valence electrons. The average Bonchev–Trinajstić information content (AvgIpc) is 3.27. The van der Waals surface area contributed by atoms with Gasteiger partial charge in [-0.3, -0.25) is 9.79 Å². The van der Waals surface area contributed by atoms with E-state index < -0.39 is 0 Å². The van der Waals surface area contributed by atoms with Crippen molar-refractivity contribution >= 4 is 47.2 Å². The van der Waals surface area contributed by atoms with Crippen LogP contribution in [0.2, 0.25) is 0 Å². The lowest BCUT2D eigenvalue weighted by Gasteiger charge is -2.27. The van der Waals surface area contributed by atoms with Gasteiger partial charge in [-0.05, 0) is 60.4 Å². The number of halogens is 1. The summed E-state index contributed by atoms with van der Waals surface area (Å²) in [6.45, 7) is 7.94. The number of rotatable bonds is 9. The van der Waals surface area contributed by atoms with Crippen molar-refractivity contribution in [3.05, 3.63) is 51.7 Å². The fraction of sp³-hybridized carbons (Fsp3) is 0.500. The van der Waals surface area contributed by atoms with Crippen LogP contribution in [-0.4, -0.2) is 50.1 Å². The van der Waals surface area contributed by atoms with Crippen molar-refractivity contribution < 1.29 is 9.53 Å². The van der Waals surface area contributed by atoms with E-state index >= 15 is 0 Å². The second-order valence-corrected chi connectivity index (χ2v) is 8.84. The van der Waals surface area contributed by atoms with Crippen LogP contribution in [0.3, 0.4) is 0 Å². The molecule has 0 bridgehead atoms. The van der Waals surface area contributed by atoms with Crippen molar-refractivity contribution in [2.24, 2.45) is 4.99 Å². The Hall–Kier alpha value is -1.81. The van der Waals surface area contributed by atoms with Crippen molar-refractivity contribution in [3.63, 3.8) is 0 Å². The third-order valence-electron chi connectivity index (χ3n) is 5.65. The van der Waals surface area contributed by atoms with E-state index in [1.807, 2.05) is 17.0 Å². The molecule has 1 aromatic heterocycles. The normalized spacial score (nSPS) is 14.2. The lowest BCUT2D eigenvalue weighted by atomic mass is 9.98. The average molecular weight is 571 g/mol. The highest BCUT2D eigenvalue weighted by molar-refractivity contribution is 14.0. The molecule has 0 aliphatic carbocycles. The molecule has 2 N–H and O–H groups in total. The van der Waals surface area contributed by atoms with Gasteiger partial charge in [0.05, 0.1) is 7.11 Å². The Labute approximate surface area is 212 Å².